The number of benzene rings is 2. The summed E-state index contributed by atoms with van der Waals surface area (Å²) in [4.78, 5) is 12.2. The summed E-state index contributed by atoms with van der Waals surface area (Å²) in [6, 6.07) is 13.5. The third-order valence-electron chi connectivity index (χ3n) is 4.36. The van der Waals surface area contributed by atoms with E-state index in [4.69, 9.17) is 4.74 Å². The summed E-state index contributed by atoms with van der Waals surface area (Å²) in [6.45, 7) is 9.15. The zero-order valence-corrected chi connectivity index (χ0v) is 17.4. The molecule has 2 aromatic rings. The first-order valence-corrected chi connectivity index (χ1v) is 9.61. The second-order valence-electron chi connectivity index (χ2n) is 7.05. The molecular weight excluding hydrogens is 392 g/mol. The lowest BCUT2D eigenvalue weighted by Gasteiger charge is -2.25. The van der Waals surface area contributed by atoms with Crippen LogP contribution >= 0.6 is 15.9 Å². The summed E-state index contributed by atoms with van der Waals surface area (Å²) in [5.41, 5.74) is 2.99. The number of hydrogen-bond acceptors (Lipinski definition) is 3. The van der Waals surface area contributed by atoms with Crippen LogP contribution in [0.15, 0.2) is 46.9 Å². The first-order chi connectivity index (χ1) is 12.3. The highest BCUT2D eigenvalue weighted by atomic mass is 79.9. The molecule has 0 heterocycles. The molecule has 4 nitrogen and oxygen atoms in total. The number of carbonyl (C=O) groups is 1. The zero-order valence-electron chi connectivity index (χ0n) is 15.9. The van der Waals surface area contributed by atoms with Crippen LogP contribution in [-0.4, -0.2) is 18.1 Å². The van der Waals surface area contributed by atoms with Crippen molar-refractivity contribution >= 4 is 27.5 Å². The number of anilines is 1. The van der Waals surface area contributed by atoms with Crippen molar-refractivity contribution in [2.45, 2.75) is 46.2 Å². The molecule has 0 bridgehead atoms. The number of ether oxygens (including phenoxy) is 1. The number of rotatable bonds is 8. The van der Waals surface area contributed by atoms with E-state index in [1.54, 1.807) is 0 Å². The normalized spacial score (nSPS) is 11.3. The van der Waals surface area contributed by atoms with Crippen molar-refractivity contribution < 1.29 is 9.53 Å². The molecule has 0 aromatic heterocycles. The lowest BCUT2D eigenvalue weighted by atomic mass is 10.0. The SMILES string of the molecule is CCC(C)(C)NCc1cc(Br)ccc1OCC(=O)Nc1ccc(C)cc1. The van der Waals surface area contributed by atoms with Gasteiger partial charge in [-0.3, -0.25) is 4.79 Å². The van der Waals surface area contributed by atoms with E-state index in [1.165, 1.54) is 0 Å². The Balaban J connectivity index is 1.97. The van der Waals surface area contributed by atoms with Crippen molar-refractivity contribution in [2.24, 2.45) is 0 Å². The molecule has 2 rings (SSSR count). The zero-order chi connectivity index (χ0) is 19.2. The van der Waals surface area contributed by atoms with Crippen molar-refractivity contribution in [1.82, 2.24) is 5.32 Å². The van der Waals surface area contributed by atoms with Gasteiger partial charge in [-0.25, -0.2) is 0 Å². The first kappa shape index (κ1) is 20.5. The van der Waals surface area contributed by atoms with Gasteiger partial charge in [-0.05, 0) is 57.5 Å². The third-order valence-corrected chi connectivity index (χ3v) is 4.85. The molecule has 0 fully saturated rings. The summed E-state index contributed by atoms with van der Waals surface area (Å²) >= 11 is 3.50. The van der Waals surface area contributed by atoms with Crippen LogP contribution in [0.5, 0.6) is 5.75 Å². The molecular formula is C21H27BrN2O2. The minimum atomic E-state index is -0.176. The summed E-state index contributed by atoms with van der Waals surface area (Å²) in [5, 5.41) is 6.37. The Morgan fingerprint density at radius 1 is 1.15 bits per heavy atom. The van der Waals surface area contributed by atoms with Crippen LogP contribution in [0.25, 0.3) is 0 Å². The summed E-state index contributed by atoms with van der Waals surface area (Å²) in [6.07, 6.45) is 1.02. The molecule has 0 saturated carbocycles. The molecule has 1 amide bonds. The molecule has 0 radical (unpaired) electrons. The quantitative estimate of drug-likeness (QED) is 0.630. The Morgan fingerprint density at radius 3 is 2.50 bits per heavy atom. The summed E-state index contributed by atoms with van der Waals surface area (Å²) < 4.78 is 6.76. The van der Waals surface area contributed by atoms with Gasteiger partial charge >= 0.3 is 0 Å². The fourth-order valence-electron chi connectivity index (χ4n) is 2.26. The Kier molecular flexibility index (Phi) is 7.23. The van der Waals surface area contributed by atoms with Crippen LogP contribution in [0.1, 0.15) is 38.3 Å². The van der Waals surface area contributed by atoms with Crippen molar-refractivity contribution in [3.8, 4) is 5.75 Å². The van der Waals surface area contributed by atoms with Gasteiger partial charge in [-0.15, -0.1) is 0 Å². The maximum absolute atomic E-state index is 12.2. The fourth-order valence-corrected chi connectivity index (χ4v) is 2.67. The van der Waals surface area contributed by atoms with E-state index in [0.29, 0.717) is 12.3 Å². The molecule has 140 valence electrons. The predicted molar refractivity (Wildman–Crippen MR) is 111 cm³/mol. The minimum Gasteiger partial charge on any atom is -0.483 e. The lowest BCUT2D eigenvalue weighted by molar-refractivity contribution is -0.118. The van der Waals surface area contributed by atoms with Gasteiger partial charge in [0.05, 0.1) is 0 Å². The van der Waals surface area contributed by atoms with Crippen LogP contribution in [0.3, 0.4) is 0 Å². The monoisotopic (exact) mass is 418 g/mol. The highest BCUT2D eigenvalue weighted by molar-refractivity contribution is 9.10. The van der Waals surface area contributed by atoms with Crippen LogP contribution in [-0.2, 0) is 11.3 Å². The highest BCUT2D eigenvalue weighted by Crippen LogP contribution is 2.24. The fraction of sp³-hybridized carbons (Fsp3) is 0.381. The van der Waals surface area contributed by atoms with Gasteiger partial charge in [0.15, 0.2) is 6.61 Å². The van der Waals surface area contributed by atoms with Gasteiger partial charge in [0.1, 0.15) is 5.75 Å². The molecule has 2 aromatic carbocycles. The largest absolute Gasteiger partial charge is 0.483 e. The van der Waals surface area contributed by atoms with Gasteiger partial charge in [0.2, 0.25) is 0 Å². The smallest absolute Gasteiger partial charge is 0.262 e. The van der Waals surface area contributed by atoms with Crippen LogP contribution in [0.4, 0.5) is 5.69 Å². The Labute approximate surface area is 164 Å². The molecule has 0 aliphatic carbocycles. The summed E-state index contributed by atoms with van der Waals surface area (Å²) in [5.74, 6) is 0.538. The van der Waals surface area contributed by atoms with Crippen LogP contribution in [0.2, 0.25) is 0 Å². The van der Waals surface area contributed by atoms with Crippen molar-refractivity contribution in [3.05, 3.63) is 58.1 Å². The molecule has 0 atom stereocenters. The average Bonchev–Trinajstić information content (AvgIpc) is 2.61. The van der Waals surface area contributed by atoms with Gasteiger partial charge in [-0.1, -0.05) is 40.5 Å². The lowest BCUT2D eigenvalue weighted by Crippen LogP contribution is -2.37. The molecule has 0 unspecified atom stereocenters. The summed E-state index contributed by atoms with van der Waals surface area (Å²) in [7, 11) is 0. The second-order valence-corrected chi connectivity index (χ2v) is 7.96. The van der Waals surface area contributed by atoms with E-state index in [1.807, 2.05) is 49.4 Å². The molecule has 2 N–H and O–H groups in total. The molecule has 5 heteroatoms. The van der Waals surface area contributed by atoms with Crippen LogP contribution in [0, 0.1) is 6.92 Å². The van der Waals surface area contributed by atoms with E-state index in [-0.39, 0.29) is 18.1 Å². The maximum atomic E-state index is 12.2. The number of carbonyl (C=O) groups excluding carboxylic acids is 1. The van der Waals surface area contributed by atoms with Gasteiger partial charge in [0.25, 0.3) is 5.91 Å². The number of hydrogen-bond donors (Lipinski definition) is 2. The topological polar surface area (TPSA) is 50.4 Å². The maximum Gasteiger partial charge on any atom is 0.262 e. The molecule has 0 aliphatic rings. The Bertz CT molecular complexity index is 742. The number of halogens is 1. The Hall–Kier alpha value is -1.85. The first-order valence-electron chi connectivity index (χ1n) is 8.82. The average molecular weight is 419 g/mol. The number of aryl methyl sites for hydroxylation is 1. The van der Waals surface area contributed by atoms with E-state index in [9.17, 15) is 4.79 Å². The number of nitrogens with one attached hydrogen (secondary N) is 2. The van der Waals surface area contributed by atoms with Gasteiger partial charge in [0, 0.05) is 27.8 Å². The molecule has 0 saturated heterocycles. The van der Waals surface area contributed by atoms with E-state index < -0.39 is 0 Å². The van der Waals surface area contributed by atoms with Gasteiger partial charge in [-0.2, -0.15) is 0 Å². The standard InChI is InChI=1S/C21H27BrN2O2/c1-5-21(3,4)23-13-16-12-17(22)8-11-19(16)26-14-20(25)24-18-9-6-15(2)7-10-18/h6-12,23H,5,13-14H2,1-4H3,(H,24,25). The van der Waals surface area contributed by atoms with Crippen molar-refractivity contribution in [2.75, 3.05) is 11.9 Å². The highest BCUT2D eigenvalue weighted by Gasteiger charge is 2.15. The number of amides is 1. The minimum absolute atomic E-state index is 0.0281. The van der Waals surface area contributed by atoms with E-state index in [2.05, 4.69) is 47.3 Å². The predicted octanol–water partition coefficient (Wildman–Crippen LogP) is 5.05. The van der Waals surface area contributed by atoms with E-state index >= 15 is 0 Å². The molecule has 0 spiro atoms. The van der Waals surface area contributed by atoms with Crippen molar-refractivity contribution in [3.63, 3.8) is 0 Å². The molecule has 26 heavy (non-hydrogen) atoms. The Morgan fingerprint density at radius 2 is 1.85 bits per heavy atom. The van der Waals surface area contributed by atoms with E-state index in [0.717, 1.165) is 27.7 Å². The van der Waals surface area contributed by atoms with Crippen molar-refractivity contribution in [1.29, 1.82) is 0 Å². The second kappa shape index (κ2) is 9.19. The van der Waals surface area contributed by atoms with Gasteiger partial charge < -0.3 is 15.4 Å². The third kappa shape index (κ3) is 6.46. The van der Waals surface area contributed by atoms with Crippen LogP contribution < -0.4 is 15.4 Å². The molecule has 0 aliphatic heterocycles.